The van der Waals surface area contributed by atoms with E-state index in [0.717, 1.165) is 5.13 Å². The summed E-state index contributed by atoms with van der Waals surface area (Å²) in [6, 6.07) is 0. The van der Waals surface area contributed by atoms with Crippen LogP contribution < -0.4 is 4.90 Å². The van der Waals surface area contributed by atoms with Gasteiger partial charge in [0.05, 0.1) is 17.6 Å². The molecule has 6 heteroatoms. The fraction of sp³-hybridized carbons (Fsp3) is 0.667. The van der Waals surface area contributed by atoms with Crippen molar-refractivity contribution in [2.24, 2.45) is 0 Å². The van der Waals surface area contributed by atoms with Gasteiger partial charge in [0.2, 0.25) is 5.88 Å². The lowest BCUT2D eigenvalue weighted by Crippen LogP contribution is -2.46. The Bertz CT molecular complexity index is 334. The minimum absolute atomic E-state index is 0.0398. The third kappa shape index (κ3) is 2.22. The average molecular weight is 230 g/mol. The lowest BCUT2D eigenvalue weighted by molar-refractivity contribution is -0.0325. The van der Waals surface area contributed by atoms with Crippen LogP contribution in [-0.4, -0.2) is 45.6 Å². The van der Waals surface area contributed by atoms with Crippen LogP contribution in [0.5, 0.6) is 5.88 Å². The summed E-state index contributed by atoms with van der Waals surface area (Å²) in [4.78, 5) is 5.97. The predicted octanol–water partition coefficient (Wildman–Crippen LogP) is 0.172. The minimum Gasteiger partial charge on any atom is -0.493 e. The van der Waals surface area contributed by atoms with E-state index in [1.807, 2.05) is 4.90 Å². The quantitative estimate of drug-likeness (QED) is 0.675. The normalized spacial score (nSPS) is 20.5. The smallest absolute Gasteiger partial charge is 0.223 e. The van der Waals surface area contributed by atoms with Gasteiger partial charge in [-0.2, -0.15) is 4.98 Å². The molecule has 5 nitrogen and oxygen atoms in total. The van der Waals surface area contributed by atoms with E-state index < -0.39 is 5.60 Å². The summed E-state index contributed by atoms with van der Waals surface area (Å²) < 4.78 is 0. The largest absolute Gasteiger partial charge is 0.493 e. The maximum absolute atomic E-state index is 9.81. The summed E-state index contributed by atoms with van der Waals surface area (Å²) >= 11 is 1.38. The van der Waals surface area contributed by atoms with Gasteiger partial charge in [-0.3, -0.25) is 0 Å². The fourth-order valence-corrected chi connectivity index (χ4v) is 2.42. The van der Waals surface area contributed by atoms with Gasteiger partial charge in [0.25, 0.3) is 0 Å². The van der Waals surface area contributed by atoms with Crippen LogP contribution in [-0.2, 0) is 0 Å². The Morgan fingerprint density at radius 1 is 1.47 bits per heavy atom. The molecular formula is C9H14N2O3S. The zero-order valence-corrected chi connectivity index (χ0v) is 9.07. The van der Waals surface area contributed by atoms with Crippen LogP contribution in [0.25, 0.3) is 0 Å². The van der Waals surface area contributed by atoms with Gasteiger partial charge in [-0.15, -0.1) is 11.3 Å². The van der Waals surface area contributed by atoms with Crippen LogP contribution in [0, 0.1) is 0 Å². The molecule has 2 heterocycles. The lowest BCUT2D eigenvalue weighted by atomic mass is 9.93. The predicted molar refractivity (Wildman–Crippen MR) is 57.3 cm³/mol. The second-order valence-electron chi connectivity index (χ2n) is 3.86. The van der Waals surface area contributed by atoms with Crippen molar-refractivity contribution < 1.29 is 15.3 Å². The average Bonchev–Trinajstić information content (AvgIpc) is 2.66. The lowest BCUT2D eigenvalue weighted by Gasteiger charge is -2.36. The molecule has 1 fully saturated rings. The Morgan fingerprint density at radius 2 is 2.13 bits per heavy atom. The number of rotatable bonds is 2. The molecule has 1 aliphatic heterocycles. The van der Waals surface area contributed by atoms with Crippen molar-refractivity contribution in [3.8, 4) is 5.88 Å². The first-order chi connectivity index (χ1) is 7.13. The van der Waals surface area contributed by atoms with Crippen molar-refractivity contribution in [2.45, 2.75) is 18.4 Å². The van der Waals surface area contributed by atoms with Crippen LogP contribution in [0.3, 0.4) is 0 Å². The Hall–Kier alpha value is -0.850. The molecule has 3 N–H and O–H groups in total. The van der Waals surface area contributed by atoms with Crippen LogP contribution in [0.2, 0.25) is 0 Å². The molecule has 0 aliphatic carbocycles. The number of thiazole rings is 1. The monoisotopic (exact) mass is 230 g/mol. The van der Waals surface area contributed by atoms with Crippen molar-refractivity contribution in [3.63, 3.8) is 0 Å². The number of nitrogens with zero attached hydrogens (tertiary/aromatic N) is 2. The zero-order chi connectivity index (χ0) is 10.9. The van der Waals surface area contributed by atoms with Crippen LogP contribution >= 0.6 is 11.3 Å². The van der Waals surface area contributed by atoms with Gasteiger partial charge in [0.1, 0.15) is 0 Å². The third-order valence-corrected chi connectivity index (χ3v) is 3.63. The van der Waals surface area contributed by atoms with Gasteiger partial charge < -0.3 is 20.2 Å². The Kier molecular flexibility index (Phi) is 2.81. The topological polar surface area (TPSA) is 76.8 Å². The van der Waals surface area contributed by atoms with E-state index in [4.69, 9.17) is 10.2 Å². The molecule has 1 aromatic rings. The molecule has 0 bridgehead atoms. The first-order valence-corrected chi connectivity index (χ1v) is 5.74. The number of aromatic hydroxyl groups is 1. The summed E-state index contributed by atoms with van der Waals surface area (Å²) in [6.07, 6.45) is 1.06. The highest BCUT2D eigenvalue weighted by atomic mass is 32.1. The maximum Gasteiger partial charge on any atom is 0.223 e. The molecule has 2 rings (SSSR count). The molecule has 0 saturated carbocycles. The Balaban J connectivity index is 1.99. The second-order valence-corrected chi connectivity index (χ2v) is 4.69. The molecule has 15 heavy (non-hydrogen) atoms. The minimum atomic E-state index is -0.935. The van der Waals surface area contributed by atoms with E-state index in [0.29, 0.717) is 25.9 Å². The molecule has 0 spiro atoms. The highest BCUT2D eigenvalue weighted by molar-refractivity contribution is 7.13. The highest BCUT2D eigenvalue weighted by Gasteiger charge is 2.32. The fourth-order valence-electron chi connectivity index (χ4n) is 1.67. The van der Waals surface area contributed by atoms with E-state index in [2.05, 4.69) is 4.98 Å². The molecule has 0 unspecified atom stereocenters. The molecule has 0 amide bonds. The van der Waals surface area contributed by atoms with E-state index in [-0.39, 0.29) is 12.5 Å². The molecule has 0 atom stereocenters. The van der Waals surface area contributed by atoms with Crippen molar-refractivity contribution in [1.29, 1.82) is 0 Å². The zero-order valence-electron chi connectivity index (χ0n) is 8.26. The number of anilines is 1. The second kappa shape index (κ2) is 3.96. The SMILES string of the molecule is OCC1(O)CCN(c2nc(O)cs2)CC1. The Labute approximate surface area is 91.6 Å². The standard InChI is InChI=1S/C9H14N2O3S/c12-6-9(14)1-3-11(4-2-9)8-10-7(13)5-15-8/h5,12-14H,1-4,6H2. The van der Waals surface area contributed by atoms with Gasteiger partial charge in [-0.05, 0) is 12.8 Å². The molecule has 0 radical (unpaired) electrons. The van der Waals surface area contributed by atoms with Crippen LogP contribution in [0.4, 0.5) is 5.13 Å². The van der Waals surface area contributed by atoms with Crippen LogP contribution in [0.1, 0.15) is 12.8 Å². The molecule has 1 aliphatic rings. The van der Waals surface area contributed by atoms with Crippen LogP contribution in [0.15, 0.2) is 5.38 Å². The van der Waals surface area contributed by atoms with Crippen molar-refractivity contribution in [3.05, 3.63) is 5.38 Å². The molecule has 0 aromatic carbocycles. The number of hydrogen-bond donors (Lipinski definition) is 3. The van der Waals surface area contributed by atoms with Crippen molar-refractivity contribution in [1.82, 2.24) is 4.98 Å². The summed E-state index contributed by atoms with van der Waals surface area (Å²) in [5.74, 6) is 0.0398. The van der Waals surface area contributed by atoms with E-state index in [9.17, 15) is 5.11 Å². The van der Waals surface area contributed by atoms with E-state index in [1.165, 1.54) is 11.3 Å². The first-order valence-electron chi connectivity index (χ1n) is 4.86. The van der Waals surface area contributed by atoms with Gasteiger partial charge in [-0.25, -0.2) is 0 Å². The number of aromatic nitrogens is 1. The summed E-state index contributed by atoms with van der Waals surface area (Å²) in [5, 5.41) is 30.3. The molecule has 1 saturated heterocycles. The number of aliphatic hydroxyl groups is 2. The summed E-state index contributed by atoms with van der Waals surface area (Å²) in [5.41, 5.74) is -0.935. The highest BCUT2D eigenvalue weighted by Crippen LogP contribution is 2.29. The summed E-state index contributed by atoms with van der Waals surface area (Å²) in [7, 11) is 0. The maximum atomic E-state index is 9.81. The van der Waals surface area contributed by atoms with Crippen molar-refractivity contribution in [2.75, 3.05) is 24.6 Å². The van der Waals surface area contributed by atoms with Crippen molar-refractivity contribution >= 4 is 16.5 Å². The van der Waals surface area contributed by atoms with Gasteiger partial charge in [0, 0.05) is 13.1 Å². The van der Waals surface area contributed by atoms with E-state index in [1.54, 1.807) is 5.38 Å². The Morgan fingerprint density at radius 3 is 2.60 bits per heavy atom. The van der Waals surface area contributed by atoms with Gasteiger partial charge >= 0.3 is 0 Å². The molecule has 1 aromatic heterocycles. The number of aliphatic hydroxyl groups excluding tert-OH is 1. The van der Waals surface area contributed by atoms with E-state index >= 15 is 0 Å². The summed E-state index contributed by atoms with van der Waals surface area (Å²) in [6.45, 7) is 1.12. The van der Waals surface area contributed by atoms with Gasteiger partial charge in [-0.1, -0.05) is 0 Å². The molecule has 84 valence electrons. The number of hydrogen-bond acceptors (Lipinski definition) is 6. The first kappa shape index (κ1) is 10.7. The third-order valence-electron chi connectivity index (χ3n) is 2.74. The number of piperidine rings is 1. The molecular weight excluding hydrogens is 216 g/mol. The van der Waals surface area contributed by atoms with Gasteiger partial charge in [0.15, 0.2) is 5.13 Å².